The van der Waals surface area contributed by atoms with Crippen molar-refractivity contribution in [2.75, 3.05) is 31.5 Å². The monoisotopic (exact) mass is 378 g/mol. The number of anilines is 1. The number of urea groups is 1. The molecule has 1 aliphatic carbocycles. The van der Waals surface area contributed by atoms with Gasteiger partial charge in [-0.05, 0) is 62.3 Å². The molecule has 1 aromatic rings. The van der Waals surface area contributed by atoms with E-state index < -0.39 is 0 Å². The van der Waals surface area contributed by atoms with Crippen LogP contribution in [0.15, 0.2) is 24.3 Å². The summed E-state index contributed by atoms with van der Waals surface area (Å²) in [7, 11) is 0. The highest BCUT2D eigenvalue weighted by molar-refractivity contribution is 5.97. The maximum atomic E-state index is 12.8. The molecule has 0 unspecified atom stereocenters. The first-order valence-electron chi connectivity index (χ1n) is 9.31. The smallest absolute Gasteiger partial charge is 0.319 e. The maximum Gasteiger partial charge on any atom is 0.319 e. The molecule has 7 heteroatoms. The zero-order chi connectivity index (χ0) is 17.3. The zero-order valence-corrected chi connectivity index (χ0v) is 15.7. The van der Waals surface area contributed by atoms with E-state index in [0.29, 0.717) is 22.7 Å². The fraction of sp³-hybridized carbons (Fsp3) is 0.579. The number of nitrogens with zero attached hydrogens (tertiary/aromatic N) is 1. The Morgan fingerprint density at radius 3 is 2.58 bits per heavy atom. The Hall–Kier alpha value is -1.79. The lowest BCUT2D eigenvalue weighted by molar-refractivity contribution is 0.0607. The summed E-state index contributed by atoms with van der Waals surface area (Å²) in [6, 6.07) is 7.37. The summed E-state index contributed by atoms with van der Waals surface area (Å²) >= 11 is 0. The van der Waals surface area contributed by atoms with Crippen LogP contribution in [0, 0.1) is 5.41 Å². The number of carbonyl (C=O) groups is 2. The van der Waals surface area contributed by atoms with E-state index in [4.69, 9.17) is 0 Å². The highest BCUT2D eigenvalue weighted by Crippen LogP contribution is 2.37. The molecule has 6 nitrogen and oxygen atoms in total. The van der Waals surface area contributed by atoms with Crippen molar-refractivity contribution in [2.45, 2.75) is 38.1 Å². The van der Waals surface area contributed by atoms with E-state index in [-0.39, 0.29) is 24.3 Å². The fourth-order valence-electron chi connectivity index (χ4n) is 3.90. The van der Waals surface area contributed by atoms with Crippen LogP contribution in [0.2, 0.25) is 0 Å². The van der Waals surface area contributed by atoms with Gasteiger partial charge in [-0.15, -0.1) is 12.4 Å². The summed E-state index contributed by atoms with van der Waals surface area (Å²) in [6.45, 7) is 3.83. The molecule has 3 aliphatic rings. The summed E-state index contributed by atoms with van der Waals surface area (Å²) in [5.74, 6) is 0.0621. The van der Waals surface area contributed by atoms with Gasteiger partial charge in [-0.3, -0.25) is 4.79 Å². The van der Waals surface area contributed by atoms with Crippen molar-refractivity contribution in [1.82, 2.24) is 15.5 Å². The van der Waals surface area contributed by atoms with E-state index in [1.807, 2.05) is 23.1 Å². The average molecular weight is 379 g/mol. The topological polar surface area (TPSA) is 73.5 Å². The Morgan fingerprint density at radius 2 is 1.92 bits per heavy atom. The van der Waals surface area contributed by atoms with Crippen LogP contribution in [0.3, 0.4) is 0 Å². The highest BCUT2D eigenvalue weighted by Gasteiger charge is 2.38. The standard InChI is InChI=1S/C19H26N4O2.ClH/c24-17(23-10-7-19(8-11-23)6-9-20-13-19)14-2-1-3-16(12-14)22-18(25)21-15-4-5-15;/h1-3,12,15,20H,4-11,13H2,(H2,21,22,25);1H. The van der Waals surface area contributed by atoms with Crippen LogP contribution in [-0.4, -0.2) is 49.1 Å². The molecule has 2 heterocycles. The molecule has 142 valence electrons. The number of hydrogen-bond acceptors (Lipinski definition) is 3. The third kappa shape index (κ3) is 4.30. The van der Waals surface area contributed by atoms with Crippen molar-refractivity contribution in [3.63, 3.8) is 0 Å². The lowest BCUT2D eigenvalue weighted by Gasteiger charge is -2.39. The van der Waals surface area contributed by atoms with Crippen LogP contribution in [0.25, 0.3) is 0 Å². The van der Waals surface area contributed by atoms with Crippen molar-refractivity contribution >= 4 is 30.0 Å². The number of hydrogen-bond donors (Lipinski definition) is 3. The van der Waals surface area contributed by atoms with Crippen molar-refractivity contribution in [3.05, 3.63) is 29.8 Å². The molecule has 1 spiro atoms. The predicted molar refractivity (Wildman–Crippen MR) is 104 cm³/mol. The normalized spacial score (nSPS) is 21.2. The number of rotatable bonds is 3. The molecule has 0 bridgehead atoms. The van der Waals surface area contributed by atoms with Crippen LogP contribution in [0.1, 0.15) is 42.5 Å². The molecule has 0 aromatic heterocycles. The minimum Gasteiger partial charge on any atom is -0.339 e. The van der Waals surface area contributed by atoms with Crippen molar-refractivity contribution in [1.29, 1.82) is 0 Å². The molecular weight excluding hydrogens is 352 g/mol. The zero-order valence-electron chi connectivity index (χ0n) is 14.9. The molecule has 0 atom stereocenters. The molecule has 3 amide bonds. The molecule has 0 radical (unpaired) electrons. The van der Waals surface area contributed by atoms with Gasteiger partial charge in [0.15, 0.2) is 0 Å². The van der Waals surface area contributed by atoms with E-state index in [9.17, 15) is 9.59 Å². The fourth-order valence-corrected chi connectivity index (χ4v) is 3.90. The van der Waals surface area contributed by atoms with Gasteiger partial charge in [0.2, 0.25) is 0 Å². The molecule has 3 fully saturated rings. The van der Waals surface area contributed by atoms with E-state index in [1.165, 1.54) is 6.42 Å². The van der Waals surface area contributed by atoms with Gasteiger partial charge in [0.1, 0.15) is 0 Å². The Balaban J connectivity index is 0.00000196. The number of amides is 3. The Morgan fingerprint density at radius 1 is 1.15 bits per heavy atom. The first-order chi connectivity index (χ1) is 12.1. The third-order valence-corrected chi connectivity index (χ3v) is 5.72. The second-order valence-corrected chi connectivity index (χ2v) is 7.67. The van der Waals surface area contributed by atoms with Crippen LogP contribution < -0.4 is 16.0 Å². The number of carbonyl (C=O) groups excluding carboxylic acids is 2. The third-order valence-electron chi connectivity index (χ3n) is 5.72. The number of piperidine rings is 1. The quantitative estimate of drug-likeness (QED) is 0.757. The Labute approximate surface area is 160 Å². The summed E-state index contributed by atoms with van der Waals surface area (Å²) in [6.07, 6.45) is 5.49. The van der Waals surface area contributed by atoms with Gasteiger partial charge in [0.05, 0.1) is 0 Å². The molecular formula is C19H27ClN4O2. The first-order valence-corrected chi connectivity index (χ1v) is 9.31. The number of nitrogens with one attached hydrogen (secondary N) is 3. The highest BCUT2D eigenvalue weighted by atomic mass is 35.5. The molecule has 1 saturated carbocycles. The van der Waals surface area contributed by atoms with Crippen molar-refractivity contribution < 1.29 is 9.59 Å². The lowest BCUT2D eigenvalue weighted by atomic mass is 9.78. The van der Waals surface area contributed by atoms with Crippen LogP contribution in [0.5, 0.6) is 0 Å². The first kappa shape index (κ1) is 19.0. The molecule has 4 rings (SSSR count). The van der Waals surface area contributed by atoms with E-state index in [2.05, 4.69) is 16.0 Å². The average Bonchev–Trinajstić information content (AvgIpc) is 3.32. The Kier molecular flexibility index (Phi) is 5.73. The SMILES string of the molecule is Cl.O=C(Nc1cccc(C(=O)N2CCC3(CCNC3)CC2)c1)NC1CC1. The summed E-state index contributed by atoms with van der Waals surface area (Å²) in [5.41, 5.74) is 1.71. The summed E-state index contributed by atoms with van der Waals surface area (Å²) in [4.78, 5) is 26.6. The number of halogens is 1. The second kappa shape index (κ2) is 7.84. The van der Waals surface area contributed by atoms with Crippen LogP contribution in [0.4, 0.5) is 10.5 Å². The second-order valence-electron chi connectivity index (χ2n) is 7.67. The maximum absolute atomic E-state index is 12.8. The van der Waals surface area contributed by atoms with Crippen LogP contribution in [-0.2, 0) is 0 Å². The Bertz CT molecular complexity index is 661. The van der Waals surface area contributed by atoms with Gasteiger partial charge >= 0.3 is 6.03 Å². The van der Waals surface area contributed by atoms with E-state index in [1.54, 1.807) is 6.07 Å². The van der Waals surface area contributed by atoms with Crippen molar-refractivity contribution in [3.8, 4) is 0 Å². The van der Waals surface area contributed by atoms with Gasteiger partial charge in [-0.2, -0.15) is 0 Å². The summed E-state index contributed by atoms with van der Waals surface area (Å²) in [5, 5.41) is 9.17. The number of likely N-dealkylation sites (tertiary alicyclic amines) is 1. The van der Waals surface area contributed by atoms with Gasteiger partial charge < -0.3 is 20.9 Å². The van der Waals surface area contributed by atoms with Gasteiger partial charge in [0.25, 0.3) is 5.91 Å². The van der Waals surface area contributed by atoms with Gasteiger partial charge in [-0.1, -0.05) is 6.07 Å². The largest absolute Gasteiger partial charge is 0.339 e. The number of benzene rings is 1. The molecule has 3 N–H and O–H groups in total. The van der Waals surface area contributed by atoms with E-state index >= 15 is 0 Å². The molecule has 2 aliphatic heterocycles. The van der Waals surface area contributed by atoms with E-state index in [0.717, 1.165) is 51.9 Å². The van der Waals surface area contributed by atoms with Gasteiger partial charge in [0, 0.05) is 36.9 Å². The van der Waals surface area contributed by atoms with Crippen LogP contribution >= 0.6 is 12.4 Å². The summed E-state index contributed by atoms with van der Waals surface area (Å²) < 4.78 is 0. The lowest BCUT2D eigenvalue weighted by Crippen LogP contribution is -2.44. The predicted octanol–water partition coefficient (Wildman–Crippen LogP) is 2.61. The molecule has 2 saturated heterocycles. The molecule has 1 aromatic carbocycles. The van der Waals surface area contributed by atoms with Crippen molar-refractivity contribution in [2.24, 2.45) is 5.41 Å². The van der Waals surface area contributed by atoms with Gasteiger partial charge in [-0.25, -0.2) is 4.79 Å². The minimum atomic E-state index is -0.194. The minimum absolute atomic E-state index is 0. The molecule has 26 heavy (non-hydrogen) atoms.